The standard InChI is InChI=1S/C24H31N5O6S/c1-33-15-8-6-14(7-9-15)20(23(31)27-12-16-4-2-10-34-16)29(13-17-5-3-11-35-17)24(32)21-18(25)19(22(26)30)28-36-21/h6-9,16-17,20H,2-5,10-13,25H2,1H3,(H2,26,30)(H,27,31)/t16-,17+,20+/m0/s1. The van der Waals surface area contributed by atoms with Gasteiger partial charge in [0.15, 0.2) is 5.69 Å². The van der Waals surface area contributed by atoms with Crippen LogP contribution in [-0.2, 0) is 14.3 Å². The summed E-state index contributed by atoms with van der Waals surface area (Å²) in [5.41, 5.74) is 11.8. The monoisotopic (exact) mass is 517 g/mol. The maximum absolute atomic E-state index is 13.9. The predicted molar refractivity (Wildman–Crippen MR) is 133 cm³/mol. The van der Waals surface area contributed by atoms with E-state index in [1.807, 2.05) is 0 Å². The SMILES string of the molecule is COc1ccc([C@H](C(=O)NC[C@@H]2CCCO2)N(C[C@H]2CCCO2)C(=O)c2snc(C(N)=O)c2N)cc1. The minimum atomic E-state index is -0.993. The Morgan fingerprint density at radius 3 is 2.39 bits per heavy atom. The molecule has 194 valence electrons. The number of benzene rings is 1. The van der Waals surface area contributed by atoms with Gasteiger partial charge in [0.25, 0.3) is 11.8 Å². The molecular weight excluding hydrogens is 486 g/mol. The molecule has 3 amide bonds. The van der Waals surface area contributed by atoms with Crippen LogP contribution in [0.4, 0.5) is 5.69 Å². The molecule has 1 aromatic heterocycles. The Bertz CT molecular complexity index is 1080. The lowest BCUT2D eigenvalue weighted by Gasteiger charge is -2.33. The quantitative estimate of drug-likeness (QED) is 0.427. The molecule has 1 aromatic carbocycles. The second-order valence-corrected chi connectivity index (χ2v) is 9.56. The zero-order valence-electron chi connectivity index (χ0n) is 20.1. The van der Waals surface area contributed by atoms with Crippen LogP contribution in [0, 0.1) is 0 Å². The molecule has 0 saturated carbocycles. The molecule has 5 N–H and O–H groups in total. The number of carbonyl (C=O) groups is 3. The van der Waals surface area contributed by atoms with E-state index < -0.39 is 17.9 Å². The Morgan fingerprint density at radius 2 is 1.83 bits per heavy atom. The number of nitrogen functional groups attached to an aromatic ring is 1. The van der Waals surface area contributed by atoms with Crippen LogP contribution in [-0.4, -0.2) is 72.6 Å². The number of nitrogens with two attached hydrogens (primary N) is 2. The van der Waals surface area contributed by atoms with E-state index in [0.717, 1.165) is 37.2 Å². The lowest BCUT2D eigenvalue weighted by molar-refractivity contribution is -0.126. The van der Waals surface area contributed by atoms with Crippen molar-refractivity contribution in [2.75, 3.05) is 39.1 Å². The third kappa shape index (κ3) is 5.77. The summed E-state index contributed by atoms with van der Waals surface area (Å²) >= 11 is 0.783. The summed E-state index contributed by atoms with van der Waals surface area (Å²) in [4.78, 5) is 40.7. The van der Waals surface area contributed by atoms with Crippen LogP contribution in [0.3, 0.4) is 0 Å². The second-order valence-electron chi connectivity index (χ2n) is 8.79. The highest BCUT2D eigenvalue weighted by Gasteiger charge is 2.37. The lowest BCUT2D eigenvalue weighted by atomic mass is 10.0. The molecule has 2 aliphatic rings. The Balaban J connectivity index is 1.70. The smallest absolute Gasteiger partial charge is 0.270 e. The first-order valence-electron chi connectivity index (χ1n) is 11.9. The number of amides is 3. The van der Waals surface area contributed by atoms with E-state index in [4.69, 9.17) is 25.7 Å². The van der Waals surface area contributed by atoms with E-state index in [1.54, 1.807) is 31.4 Å². The van der Waals surface area contributed by atoms with Gasteiger partial charge in [0.2, 0.25) is 5.91 Å². The lowest BCUT2D eigenvalue weighted by Crippen LogP contribution is -2.47. The first-order chi connectivity index (χ1) is 17.4. The van der Waals surface area contributed by atoms with Crippen LogP contribution in [0.5, 0.6) is 5.75 Å². The third-order valence-corrected chi connectivity index (χ3v) is 7.21. The first-order valence-corrected chi connectivity index (χ1v) is 12.7. The minimum absolute atomic E-state index is 0.0484. The van der Waals surface area contributed by atoms with Crippen LogP contribution < -0.4 is 21.5 Å². The van der Waals surface area contributed by atoms with Crippen molar-refractivity contribution in [1.29, 1.82) is 0 Å². The number of nitrogens with one attached hydrogen (secondary N) is 1. The molecule has 3 atom stereocenters. The fourth-order valence-corrected chi connectivity index (χ4v) is 5.21. The largest absolute Gasteiger partial charge is 0.497 e. The van der Waals surface area contributed by atoms with Crippen molar-refractivity contribution in [1.82, 2.24) is 14.6 Å². The molecule has 3 heterocycles. The molecule has 2 aliphatic heterocycles. The molecule has 0 unspecified atom stereocenters. The van der Waals surface area contributed by atoms with Crippen LogP contribution in [0.1, 0.15) is 57.4 Å². The fraction of sp³-hybridized carbons (Fsp3) is 0.500. The maximum atomic E-state index is 13.9. The number of methoxy groups -OCH3 is 1. The van der Waals surface area contributed by atoms with Gasteiger partial charge in [-0.05, 0) is 54.9 Å². The summed E-state index contributed by atoms with van der Waals surface area (Å²) in [6, 6.07) is 5.96. The Morgan fingerprint density at radius 1 is 1.17 bits per heavy atom. The van der Waals surface area contributed by atoms with Crippen LogP contribution in [0.15, 0.2) is 24.3 Å². The van der Waals surface area contributed by atoms with Gasteiger partial charge >= 0.3 is 0 Å². The minimum Gasteiger partial charge on any atom is -0.497 e. The van der Waals surface area contributed by atoms with Gasteiger partial charge in [-0.25, -0.2) is 0 Å². The van der Waals surface area contributed by atoms with Crippen molar-refractivity contribution in [2.45, 2.75) is 43.9 Å². The molecule has 0 radical (unpaired) electrons. The van der Waals surface area contributed by atoms with Crippen molar-refractivity contribution in [3.63, 3.8) is 0 Å². The van der Waals surface area contributed by atoms with Gasteiger partial charge in [0.1, 0.15) is 16.7 Å². The summed E-state index contributed by atoms with van der Waals surface area (Å²) in [6.07, 6.45) is 3.10. The number of carbonyl (C=O) groups excluding carboxylic acids is 3. The summed E-state index contributed by atoms with van der Waals surface area (Å²) in [6.45, 7) is 1.74. The topological polar surface area (TPSA) is 159 Å². The molecule has 2 fully saturated rings. The Kier molecular flexibility index (Phi) is 8.39. The van der Waals surface area contributed by atoms with E-state index in [9.17, 15) is 14.4 Å². The maximum Gasteiger partial charge on any atom is 0.270 e. The van der Waals surface area contributed by atoms with Crippen LogP contribution in [0.2, 0.25) is 0 Å². The molecule has 4 rings (SSSR count). The van der Waals surface area contributed by atoms with E-state index in [1.165, 1.54) is 4.90 Å². The second kappa shape index (κ2) is 11.7. The fourth-order valence-electron chi connectivity index (χ4n) is 4.45. The zero-order valence-corrected chi connectivity index (χ0v) is 20.9. The summed E-state index contributed by atoms with van der Waals surface area (Å²) in [5, 5.41) is 2.95. The van der Waals surface area contributed by atoms with Crippen molar-refractivity contribution in [3.05, 3.63) is 40.4 Å². The van der Waals surface area contributed by atoms with Gasteiger partial charge in [0.05, 0.1) is 25.0 Å². The van der Waals surface area contributed by atoms with Crippen molar-refractivity contribution >= 4 is 34.9 Å². The Hall–Kier alpha value is -3.22. The van der Waals surface area contributed by atoms with Crippen LogP contribution >= 0.6 is 11.5 Å². The summed E-state index contributed by atoms with van der Waals surface area (Å²) < 4.78 is 20.7. The van der Waals surface area contributed by atoms with E-state index >= 15 is 0 Å². The van der Waals surface area contributed by atoms with Gasteiger partial charge in [-0.2, -0.15) is 4.37 Å². The normalized spacial score (nSPS) is 20.1. The molecule has 12 heteroatoms. The van der Waals surface area contributed by atoms with Gasteiger partial charge in [-0.15, -0.1) is 0 Å². The highest BCUT2D eigenvalue weighted by molar-refractivity contribution is 7.09. The van der Waals surface area contributed by atoms with Crippen molar-refractivity contribution in [2.24, 2.45) is 5.73 Å². The molecule has 11 nitrogen and oxygen atoms in total. The van der Waals surface area contributed by atoms with E-state index in [0.29, 0.717) is 31.1 Å². The van der Waals surface area contributed by atoms with Gasteiger partial charge in [-0.3, -0.25) is 14.4 Å². The summed E-state index contributed by atoms with van der Waals surface area (Å²) in [7, 11) is 1.55. The number of hydrogen-bond donors (Lipinski definition) is 3. The molecular formula is C24H31N5O6S. The number of rotatable bonds is 10. The molecule has 2 aromatic rings. The number of primary amides is 1. The van der Waals surface area contributed by atoms with Gasteiger partial charge in [0, 0.05) is 26.3 Å². The average Bonchev–Trinajstić information content (AvgIpc) is 3.65. The molecule has 0 bridgehead atoms. The number of nitrogens with zero attached hydrogens (tertiary/aromatic N) is 2. The van der Waals surface area contributed by atoms with E-state index in [-0.39, 0.29) is 40.9 Å². The number of hydrogen-bond acceptors (Lipinski definition) is 9. The Labute approximate surface area is 213 Å². The predicted octanol–water partition coefficient (Wildman–Crippen LogP) is 1.49. The van der Waals surface area contributed by atoms with Crippen molar-refractivity contribution in [3.8, 4) is 5.75 Å². The van der Waals surface area contributed by atoms with E-state index in [2.05, 4.69) is 9.69 Å². The van der Waals surface area contributed by atoms with Crippen molar-refractivity contribution < 1.29 is 28.6 Å². The molecule has 0 aliphatic carbocycles. The van der Waals surface area contributed by atoms with Gasteiger partial charge < -0.3 is 35.9 Å². The summed E-state index contributed by atoms with van der Waals surface area (Å²) in [5.74, 6) is -1.09. The number of aromatic nitrogens is 1. The highest BCUT2D eigenvalue weighted by atomic mass is 32.1. The zero-order chi connectivity index (χ0) is 25.7. The number of anilines is 1. The van der Waals surface area contributed by atoms with Crippen LogP contribution in [0.25, 0.3) is 0 Å². The highest BCUT2D eigenvalue weighted by Crippen LogP contribution is 2.31. The molecule has 0 spiro atoms. The van der Waals surface area contributed by atoms with Gasteiger partial charge in [-0.1, -0.05) is 12.1 Å². The first kappa shape index (κ1) is 25.9. The third-order valence-electron chi connectivity index (χ3n) is 6.36. The number of ether oxygens (including phenoxy) is 3. The molecule has 36 heavy (non-hydrogen) atoms. The average molecular weight is 518 g/mol. The molecule has 2 saturated heterocycles.